The molecule has 1 aliphatic heterocycles. The van der Waals surface area contributed by atoms with E-state index in [4.69, 9.17) is 5.26 Å². The first-order valence-electron chi connectivity index (χ1n) is 8.34. The van der Waals surface area contributed by atoms with E-state index >= 15 is 0 Å². The predicted octanol–water partition coefficient (Wildman–Crippen LogP) is 2.74. The van der Waals surface area contributed by atoms with Crippen LogP contribution in [0.1, 0.15) is 53.5 Å². The minimum atomic E-state index is -0.362. The van der Waals surface area contributed by atoms with E-state index in [1.165, 1.54) is 5.56 Å². The smallest absolute Gasteiger partial charge is 0.266 e. The number of rotatable bonds is 1. The molecule has 0 unspecified atom stereocenters. The van der Waals surface area contributed by atoms with Crippen LogP contribution in [0, 0.1) is 11.3 Å². The van der Waals surface area contributed by atoms with Gasteiger partial charge in [-0.2, -0.15) is 5.26 Å². The van der Waals surface area contributed by atoms with Crippen molar-refractivity contribution in [2.24, 2.45) is 0 Å². The van der Waals surface area contributed by atoms with Gasteiger partial charge in [0.15, 0.2) is 0 Å². The third kappa shape index (κ3) is 3.34. The molecule has 0 spiro atoms. The molecule has 0 aliphatic carbocycles. The van der Waals surface area contributed by atoms with E-state index in [0.717, 1.165) is 11.3 Å². The zero-order valence-corrected chi connectivity index (χ0v) is 14.7. The summed E-state index contributed by atoms with van der Waals surface area (Å²) in [5.74, 6) is -0.0317. The van der Waals surface area contributed by atoms with Crippen LogP contribution in [0.3, 0.4) is 0 Å². The summed E-state index contributed by atoms with van der Waals surface area (Å²) in [7, 11) is 0. The number of aromatic amines is 1. The summed E-state index contributed by atoms with van der Waals surface area (Å²) in [6.07, 6.45) is 0.585. The van der Waals surface area contributed by atoms with E-state index in [9.17, 15) is 9.59 Å². The number of nitrogens with one attached hydrogen (secondary N) is 1. The first-order chi connectivity index (χ1) is 11.8. The van der Waals surface area contributed by atoms with Gasteiger partial charge >= 0.3 is 0 Å². The van der Waals surface area contributed by atoms with Crippen LogP contribution in [-0.4, -0.2) is 22.3 Å². The van der Waals surface area contributed by atoms with Gasteiger partial charge < -0.3 is 9.88 Å². The molecule has 5 heteroatoms. The number of H-pyrrole nitrogens is 1. The molecule has 0 bridgehead atoms. The fourth-order valence-corrected chi connectivity index (χ4v) is 3.06. The van der Waals surface area contributed by atoms with Gasteiger partial charge in [-0.3, -0.25) is 9.59 Å². The number of carbonyl (C=O) groups excluding carboxylic acids is 1. The van der Waals surface area contributed by atoms with Crippen LogP contribution < -0.4 is 5.56 Å². The van der Waals surface area contributed by atoms with Crippen molar-refractivity contribution in [3.8, 4) is 6.07 Å². The van der Waals surface area contributed by atoms with Crippen molar-refractivity contribution >= 4 is 5.91 Å². The average molecular weight is 335 g/mol. The summed E-state index contributed by atoms with van der Waals surface area (Å²) in [4.78, 5) is 29.0. The van der Waals surface area contributed by atoms with Crippen molar-refractivity contribution in [3.05, 3.63) is 68.6 Å². The summed E-state index contributed by atoms with van der Waals surface area (Å²) < 4.78 is 0. The number of nitrogens with zero attached hydrogens (tertiary/aromatic N) is 2. The Kier molecular flexibility index (Phi) is 4.22. The lowest BCUT2D eigenvalue weighted by Gasteiger charge is -2.29. The van der Waals surface area contributed by atoms with Gasteiger partial charge in [-0.15, -0.1) is 0 Å². The molecule has 1 aliphatic rings. The summed E-state index contributed by atoms with van der Waals surface area (Å²) >= 11 is 0. The molecule has 1 aromatic heterocycles. The Morgan fingerprint density at radius 2 is 1.92 bits per heavy atom. The third-order valence-electron chi connectivity index (χ3n) is 4.61. The van der Waals surface area contributed by atoms with Crippen molar-refractivity contribution in [1.82, 2.24) is 9.88 Å². The molecule has 1 amide bonds. The number of carbonyl (C=O) groups is 1. The van der Waals surface area contributed by atoms with Gasteiger partial charge in [0, 0.05) is 30.8 Å². The molecule has 0 atom stereocenters. The second-order valence-electron chi connectivity index (χ2n) is 7.43. The number of hydrogen-bond donors (Lipinski definition) is 1. The molecule has 25 heavy (non-hydrogen) atoms. The number of fused-ring (bicyclic) bond motifs is 1. The Labute approximate surface area is 146 Å². The minimum absolute atomic E-state index is 0.0317. The normalized spacial score (nSPS) is 13.9. The van der Waals surface area contributed by atoms with Crippen LogP contribution in [0.2, 0.25) is 0 Å². The van der Waals surface area contributed by atoms with Crippen LogP contribution in [-0.2, 0) is 18.4 Å². The molecule has 128 valence electrons. The van der Waals surface area contributed by atoms with Crippen molar-refractivity contribution < 1.29 is 4.79 Å². The van der Waals surface area contributed by atoms with E-state index in [-0.39, 0.29) is 22.4 Å². The Morgan fingerprint density at radius 1 is 1.24 bits per heavy atom. The fraction of sp³-hybridized carbons (Fsp3) is 0.350. The highest BCUT2D eigenvalue weighted by molar-refractivity contribution is 5.94. The van der Waals surface area contributed by atoms with Crippen LogP contribution in [0.4, 0.5) is 0 Å². The summed E-state index contributed by atoms with van der Waals surface area (Å²) in [5, 5.41) is 9.01. The number of nitriles is 1. The van der Waals surface area contributed by atoms with Crippen LogP contribution in [0.25, 0.3) is 0 Å². The van der Waals surface area contributed by atoms with Crippen molar-refractivity contribution in [1.29, 1.82) is 5.26 Å². The lowest BCUT2D eigenvalue weighted by molar-refractivity contribution is 0.0733. The van der Waals surface area contributed by atoms with Gasteiger partial charge in [-0.25, -0.2) is 0 Å². The Hall–Kier alpha value is -2.87. The Bertz CT molecular complexity index is 912. The lowest BCUT2D eigenvalue weighted by Crippen LogP contribution is -2.37. The minimum Gasteiger partial charge on any atom is -0.334 e. The molecule has 2 aromatic rings. The maximum absolute atomic E-state index is 12.8. The van der Waals surface area contributed by atoms with Gasteiger partial charge in [0.25, 0.3) is 11.5 Å². The van der Waals surface area contributed by atoms with Gasteiger partial charge in [-0.1, -0.05) is 32.9 Å². The van der Waals surface area contributed by atoms with Gasteiger partial charge in [0.1, 0.15) is 11.6 Å². The highest BCUT2D eigenvalue weighted by Gasteiger charge is 2.23. The first kappa shape index (κ1) is 17.0. The zero-order valence-electron chi connectivity index (χ0n) is 14.7. The van der Waals surface area contributed by atoms with Gasteiger partial charge in [0.05, 0.1) is 0 Å². The zero-order chi connectivity index (χ0) is 18.2. The van der Waals surface area contributed by atoms with Crippen molar-refractivity contribution in [3.63, 3.8) is 0 Å². The highest BCUT2D eigenvalue weighted by Crippen LogP contribution is 2.23. The topological polar surface area (TPSA) is 77.0 Å². The summed E-state index contributed by atoms with van der Waals surface area (Å²) in [6, 6.07) is 11.2. The Balaban J connectivity index is 1.83. The predicted molar refractivity (Wildman–Crippen MR) is 95.4 cm³/mol. The fourth-order valence-electron chi connectivity index (χ4n) is 3.06. The largest absolute Gasteiger partial charge is 0.334 e. The third-order valence-corrected chi connectivity index (χ3v) is 4.61. The monoisotopic (exact) mass is 335 g/mol. The van der Waals surface area contributed by atoms with Crippen molar-refractivity contribution in [2.45, 2.75) is 39.2 Å². The Morgan fingerprint density at radius 3 is 2.52 bits per heavy atom. The summed E-state index contributed by atoms with van der Waals surface area (Å²) in [6.45, 7) is 7.37. The molecule has 0 fully saturated rings. The lowest BCUT2D eigenvalue weighted by atomic mass is 9.86. The van der Waals surface area contributed by atoms with Crippen molar-refractivity contribution in [2.75, 3.05) is 6.54 Å². The van der Waals surface area contributed by atoms with E-state index in [1.54, 1.807) is 11.0 Å². The second kappa shape index (κ2) is 6.21. The molecule has 1 aromatic carbocycles. The standard InChI is InChI=1S/C20H21N3O2/c1-20(2,3)16-6-4-13(5-7-16)19(25)23-9-8-17-15(12-23)10-14(11-21)18(24)22-17/h4-7,10H,8-9,12H2,1-3H3,(H,22,24). The van der Waals surface area contributed by atoms with Crippen LogP contribution in [0.5, 0.6) is 0 Å². The maximum atomic E-state index is 12.8. The number of hydrogen-bond acceptors (Lipinski definition) is 3. The molecule has 0 radical (unpaired) electrons. The molecular weight excluding hydrogens is 314 g/mol. The molecule has 0 saturated heterocycles. The van der Waals surface area contributed by atoms with E-state index in [1.807, 2.05) is 30.3 Å². The summed E-state index contributed by atoms with van der Waals surface area (Å²) in [5.41, 5.74) is 3.26. The van der Waals surface area contributed by atoms with Crippen LogP contribution >= 0.6 is 0 Å². The first-order valence-corrected chi connectivity index (χ1v) is 8.34. The van der Waals surface area contributed by atoms with Gasteiger partial charge in [-0.05, 0) is 34.7 Å². The number of amides is 1. The SMILES string of the molecule is CC(C)(C)c1ccc(C(=O)N2CCc3[nH]c(=O)c(C#N)cc3C2)cc1. The van der Waals surface area contributed by atoms with Crippen LogP contribution in [0.15, 0.2) is 35.1 Å². The molecule has 0 saturated carbocycles. The van der Waals surface area contributed by atoms with E-state index in [0.29, 0.717) is 25.1 Å². The quantitative estimate of drug-likeness (QED) is 0.870. The average Bonchev–Trinajstić information content (AvgIpc) is 2.59. The molecular formula is C20H21N3O2. The second-order valence-corrected chi connectivity index (χ2v) is 7.43. The van der Waals surface area contributed by atoms with Gasteiger partial charge in [0.2, 0.25) is 0 Å². The molecule has 1 N–H and O–H groups in total. The highest BCUT2D eigenvalue weighted by atomic mass is 16.2. The van der Waals surface area contributed by atoms with E-state index in [2.05, 4.69) is 25.8 Å². The molecule has 2 heterocycles. The number of aromatic nitrogens is 1. The molecule has 5 nitrogen and oxygen atoms in total. The maximum Gasteiger partial charge on any atom is 0.266 e. The number of benzene rings is 1. The molecule has 3 rings (SSSR count). The number of pyridine rings is 1. The van der Waals surface area contributed by atoms with E-state index < -0.39 is 0 Å².